The molecule has 0 aliphatic heterocycles. The Morgan fingerprint density at radius 2 is 1.88 bits per heavy atom. The molecule has 0 N–H and O–H groups in total. The Balaban J connectivity index is 0.00000254. The van der Waals surface area contributed by atoms with Crippen LogP contribution in [-0.4, -0.2) is 5.78 Å². The minimum Gasteiger partial charge on any atom is -0.295 e. The van der Waals surface area contributed by atoms with Crippen LogP contribution in [0.4, 0.5) is 4.39 Å². The lowest BCUT2D eigenvalue weighted by molar-refractivity contribution is -0.114. The number of allylic oxidation sites excluding steroid dienone is 2. The summed E-state index contributed by atoms with van der Waals surface area (Å²) < 4.78 is 13.4. The Morgan fingerprint density at radius 1 is 1.21 bits per heavy atom. The van der Waals surface area contributed by atoms with E-state index in [1.165, 1.54) is 30.9 Å². The van der Waals surface area contributed by atoms with Gasteiger partial charge in [0.2, 0.25) is 0 Å². The number of ketones is 1. The molecule has 0 saturated carbocycles. The van der Waals surface area contributed by atoms with Crippen LogP contribution in [0.15, 0.2) is 29.8 Å². The maximum atomic E-state index is 13.4. The number of benzene rings is 1. The summed E-state index contributed by atoms with van der Waals surface area (Å²) in [5, 5.41) is 0. The predicted octanol–water partition coefficient (Wildman–Crippen LogP) is 6.82. The maximum Gasteiger partial charge on any atom is 0.155 e. The van der Waals surface area contributed by atoms with Crippen LogP contribution in [0.1, 0.15) is 77.8 Å². The Kier molecular flexibility index (Phi) is 12.1. The molecule has 1 unspecified atom stereocenters. The van der Waals surface area contributed by atoms with Gasteiger partial charge in [0.15, 0.2) is 5.78 Å². The van der Waals surface area contributed by atoms with Gasteiger partial charge in [-0.25, -0.2) is 4.39 Å². The van der Waals surface area contributed by atoms with E-state index in [0.29, 0.717) is 17.9 Å². The molecule has 1 nitrogen and oxygen atoms in total. The van der Waals surface area contributed by atoms with Crippen molar-refractivity contribution in [1.82, 2.24) is 0 Å². The van der Waals surface area contributed by atoms with E-state index in [0.717, 1.165) is 18.4 Å². The van der Waals surface area contributed by atoms with Gasteiger partial charge in [-0.3, -0.25) is 4.79 Å². The second kappa shape index (κ2) is 12.9. The van der Waals surface area contributed by atoms with Gasteiger partial charge in [-0.15, -0.1) is 0 Å². The lowest BCUT2D eigenvalue weighted by Gasteiger charge is -2.17. The van der Waals surface area contributed by atoms with Gasteiger partial charge in [-0.2, -0.15) is 0 Å². The van der Waals surface area contributed by atoms with Gasteiger partial charge in [0.1, 0.15) is 5.82 Å². The van der Waals surface area contributed by atoms with Gasteiger partial charge in [0, 0.05) is 6.42 Å². The number of aryl methyl sites for hydroxylation is 1. The van der Waals surface area contributed by atoms with Crippen molar-refractivity contribution < 1.29 is 9.18 Å². The number of halogens is 1. The van der Waals surface area contributed by atoms with E-state index < -0.39 is 0 Å². The first kappa shape index (κ1) is 22.6. The quantitative estimate of drug-likeness (QED) is 0.357. The van der Waals surface area contributed by atoms with Crippen molar-refractivity contribution in [2.24, 2.45) is 5.92 Å². The zero-order chi connectivity index (χ0) is 18.5. The summed E-state index contributed by atoms with van der Waals surface area (Å²) in [6.45, 7) is 12.1. The first-order chi connectivity index (χ1) is 11.5. The molecule has 1 aromatic rings. The van der Waals surface area contributed by atoms with E-state index in [1.54, 1.807) is 6.92 Å². The van der Waals surface area contributed by atoms with E-state index in [1.807, 2.05) is 39.0 Å². The molecule has 2 heteroatoms. The lowest BCUT2D eigenvalue weighted by atomic mass is 9.88. The highest BCUT2D eigenvalue weighted by Crippen LogP contribution is 2.23. The largest absolute Gasteiger partial charge is 0.295 e. The molecule has 0 heterocycles. The average Bonchev–Trinajstić information content (AvgIpc) is 2.59. The summed E-state index contributed by atoms with van der Waals surface area (Å²) in [5.74, 6) is 0.401. The van der Waals surface area contributed by atoms with Crippen LogP contribution in [0.2, 0.25) is 0 Å². The van der Waals surface area contributed by atoms with Crippen LogP contribution < -0.4 is 0 Å². The minimum atomic E-state index is -0.171. The number of hydrogen-bond donors (Lipinski definition) is 0. The Labute approximate surface area is 148 Å². The van der Waals surface area contributed by atoms with Gasteiger partial charge in [0.05, 0.1) is 0 Å². The van der Waals surface area contributed by atoms with Crippen molar-refractivity contribution in [1.29, 1.82) is 0 Å². The van der Waals surface area contributed by atoms with E-state index in [9.17, 15) is 9.18 Å². The number of hydrogen-bond acceptors (Lipinski definition) is 1. The Morgan fingerprint density at radius 3 is 2.42 bits per heavy atom. The fraction of sp³-hybridized carbons (Fsp3) is 0.591. The second-order valence-electron chi connectivity index (χ2n) is 6.20. The minimum absolute atomic E-state index is 0.171. The normalized spacial score (nSPS) is 12.4. The van der Waals surface area contributed by atoms with Crippen LogP contribution in [0.5, 0.6) is 0 Å². The van der Waals surface area contributed by atoms with Crippen molar-refractivity contribution in [2.45, 2.75) is 80.1 Å². The fourth-order valence-electron chi connectivity index (χ4n) is 2.61. The van der Waals surface area contributed by atoms with Gasteiger partial charge < -0.3 is 0 Å². The van der Waals surface area contributed by atoms with Crippen LogP contribution >= 0.6 is 0 Å². The molecule has 24 heavy (non-hydrogen) atoms. The van der Waals surface area contributed by atoms with E-state index in [2.05, 4.69) is 13.8 Å². The van der Waals surface area contributed by atoms with Gasteiger partial charge in [0.25, 0.3) is 0 Å². The van der Waals surface area contributed by atoms with Gasteiger partial charge >= 0.3 is 0 Å². The summed E-state index contributed by atoms with van der Waals surface area (Å²) >= 11 is 0. The predicted molar refractivity (Wildman–Crippen MR) is 103 cm³/mol. The Hall–Kier alpha value is -1.44. The summed E-state index contributed by atoms with van der Waals surface area (Å²) in [7, 11) is 0. The molecular formula is C22H35FO. The van der Waals surface area contributed by atoms with Crippen LogP contribution in [-0.2, 0) is 11.2 Å². The summed E-state index contributed by atoms with van der Waals surface area (Å²) in [6, 6.07) is 5.23. The molecule has 0 aliphatic rings. The maximum absolute atomic E-state index is 13.4. The van der Waals surface area contributed by atoms with Crippen molar-refractivity contribution in [3.05, 3.63) is 46.8 Å². The molecule has 136 valence electrons. The van der Waals surface area contributed by atoms with Gasteiger partial charge in [-0.1, -0.05) is 71.6 Å². The molecule has 0 saturated heterocycles. The number of carbonyl (C=O) groups is 1. The smallest absolute Gasteiger partial charge is 0.155 e. The van der Waals surface area contributed by atoms with Crippen LogP contribution in [0.25, 0.3) is 0 Å². The van der Waals surface area contributed by atoms with E-state index in [4.69, 9.17) is 0 Å². The zero-order valence-electron chi connectivity index (χ0n) is 16.4. The first-order valence-corrected chi connectivity index (χ1v) is 9.46. The molecule has 0 radical (unpaired) electrons. The topological polar surface area (TPSA) is 17.1 Å². The summed E-state index contributed by atoms with van der Waals surface area (Å²) in [6.07, 6.45) is 7.82. The van der Waals surface area contributed by atoms with Crippen molar-refractivity contribution in [2.75, 3.05) is 0 Å². The fourth-order valence-corrected chi connectivity index (χ4v) is 2.61. The molecule has 1 rings (SSSR count). The average molecular weight is 335 g/mol. The Bertz CT molecular complexity index is 517. The highest BCUT2D eigenvalue weighted by atomic mass is 19.1. The molecule has 0 amide bonds. The summed E-state index contributed by atoms with van der Waals surface area (Å²) in [4.78, 5) is 11.8. The second-order valence-corrected chi connectivity index (χ2v) is 6.20. The van der Waals surface area contributed by atoms with Crippen molar-refractivity contribution in [3.63, 3.8) is 0 Å². The molecule has 1 aromatic carbocycles. The standard InChI is InChI=1S/C20H29FO.C2H6/c1-5-7-8-9-15(3)18(14-19(22)6-2)13-17-10-11-20(21)16(4)12-17;1-2/h10-12,14-15H,5-9,13H2,1-4H3;1-2H3/b18-14-;. The number of unbranched alkanes of at least 4 members (excludes halogenated alkanes) is 2. The molecule has 1 atom stereocenters. The highest BCUT2D eigenvalue weighted by molar-refractivity contribution is 5.90. The first-order valence-electron chi connectivity index (χ1n) is 9.46. The molecule has 0 fully saturated rings. The number of rotatable bonds is 9. The SMILES string of the molecule is CC.CCCCCC(C)/C(=C\C(=O)CC)Cc1ccc(F)c(C)c1. The third-order valence-corrected chi connectivity index (χ3v) is 4.20. The monoisotopic (exact) mass is 334 g/mol. The molecule has 0 spiro atoms. The molecule has 0 bridgehead atoms. The van der Waals surface area contributed by atoms with Crippen molar-refractivity contribution in [3.8, 4) is 0 Å². The van der Waals surface area contributed by atoms with E-state index >= 15 is 0 Å². The van der Waals surface area contributed by atoms with Gasteiger partial charge in [-0.05, 0) is 49.0 Å². The highest BCUT2D eigenvalue weighted by Gasteiger charge is 2.12. The lowest BCUT2D eigenvalue weighted by Crippen LogP contribution is -2.06. The van der Waals surface area contributed by atoms with Crippen LogP contribution in [0.3, 0.4) is 0 Å². The zero-order valence-corrected chi connectivity index (χ0v) is 16.4. The summed E-state index contributed by atoms with van der Waals surface area (Å²) in [5.41, 5.74) is 2.92. The molecule has 0 aromatic heterocycles. The van der Waals surface area contributed by atoms with Crippen molar-refractivity contribution >= 4 is 5.78 Å². The third kappa shape index (κ3) is 8.42. The van der Waals surface area contributed by atoms with Crippen LogP contribution in [0, 0.1) is 18.7 Å². The third-order valence-electron chi connectivity index (χ3n) is 4.20. The van der Waals surface area contributed by atoms with E-state index in [-0.39, 0.29) is 11.6 Å². The number of carbonyl (C=O) groups excluding carboxylic acids is 1. The molecular weight excluding hydrogens is 299 g/mol. The molecule has 0 aliphatic carbocycles.